The SMILES string of the molecule is CS(=O)c1c(Oc2cccc(-c3ncc(Cc4ccccc4)[nH]3)c2)ccc2[nH]ccc12. The van der Waals surface area contributed by atoms with E-state index < -0.39 is 10.8 Å². The molecule has 0 saturated heterocycles. The highest BCUT2D eigenvalue weighted by Gasteiger charge is 2.14. The van der Waals surface area contributed by atoms with Crippen LogP contribution >= 0.6 is 0 Å². The van der Waals surface area contributed by atoms with Gasteiger partial charge in [-0.15, -0.1) is 0 Å². The van der Waals surface area contributed by atoms with E-state index >= 15 is 0 Å². The van der Waals surface area contributed by atoms with E-state index in [2.05, 4.69) is 27.1 Å². The van der Waals surface area contributed by atoms with E-state index in [-0.39, 0.29) is 0 Å². The monoisotopic (exact) mass is 427 g/mol. The summed E-state index contributed by atoms with van der Waals surface area (Å²) >= 11 is 0. The Morgan fingerprint density at radius 1 is 1.00 bits per heavy atom. The summed E-state index contributed by atoms with van der Waals surface area (Å²) in [7, 11) is -1.19. The molecule has 2 N–H and O–H groups in total. The van der Waals surface area contributed by atoms with Gasteiger partial charge in [-0.25, -0.2) is 4.98 Å². The Morgan fingerprint density at radius 2 is 1.87 bits per heavy atom. The highest BCUT2D eigenvalue weighted by molar-refractivity contribution is 7.84. The highest BCUT2D eigenvalue weighted by Crippen LogP contribution is 2.34. The molecular weight excluding hydrogens is 406 g/mol. The van der Waals surface area contributed by atoms with Crippen molar-refractivity contribution in [3.8, 4) is 22.9 Å². The second kappa shape index (κ2) is 8.24. The fourth-order valence-corrected chi connectivity index (χ4v) is 4.59. The van der Waals surface area contributed by atoms with E-state index in [0.29, 0.717) is 16.4 Å². The van der Waals surface area contributed by atoms with Gasteiger partial charge >= 0.3 is 0 Å². The maximum atomic E-state index is 12.4. The molecule has 0 saturated carbocycles. The summed E-state index contributed by atoms with van der Waals surface area (Å²) in [5.74, 6) is 2.05. The second-order valence-corrected chi connectivity index (χ2v) is 8.65. The van der Waals surface area contributed by atoms with Crippen LogP contribution in [0.3, 0.4) is 0 Å². The third kappa shape index (κ3) is 4.02. The Hall–Kier alpha value is -3.64. The van der Waals surface area contributed by atoms with Crippen LogP contribution in [0.1, 0.15) is 11.3 Å². The number of rotatable bonds is 6. The Labute approximate surface area is 182 Å². The van der Waals surface area contributed by atoms with Crippen molar-refractivity contribution in [2.24, 2.45) is 0 Å². The number of fused-ring (bicyclic) bond motifs is 1. The number of imidazole rings is 1. The molecule has 0 aliphatic rings. The van der Waals surface area contributed by atoms with Gasteiger partial charge in [0.15, 0.2) is 0 Å². The molecule has 154 valence electrons. The molecule has 0 radical (unpaired) electrons. The first-order chi connectivity index (χ1) is 15.2. The maximum Gasteiger partial charge on any atom is 0.144 e. The van der Waals surface area contributed by atoms with Crippen LogP contribution in [-0.4, -0.2) is 25.4 Å². The van der Waals surface area contributed by atoms with Gasteiger partial charge in [-0.1, -0.05) is 42.5 Å². The van der Waals surface area contributed by atoms with Crippen molar-refractivity contribution < 1.29 is 8.95 Å². The van der Waals surface area contributed by atoms with Gasteiger partial charge in [0.05, 0.1) is 15.7 Å². The molecular formula is C25H21N3O2S. The Bertz CT molecular complexity index is 1370. The predicted octanol–water partition coefficient (Wildman–Crippen LogP) is 5.68. The lowest BCUT2D eigenvalue weighted by atomic mass is 10.1. The first kappa shape index (κ1) is 19.3. The van der Waals surface area contributed by atoms with Gasteiger partial charge in [0.1, 0.15) is 17.3 Å². The lowest BCUT2D eigenvalue weighted by Crippen LogP contribution is -1.95. The highest BCUT2D eigenvalue weighted by atomic mass is 32.2. The maximum absolute atomic E-state index is 12.4. The largest absolute Gasteiger partial charge is 0.456 e. The van der Waals surface area contributed by atoms with E-state index in [0.717, 1.165) is 34.4 Å². The molecule has 2 heterocycles. The van der Waals surface area contributed by atoms with E-state index in [4.69, 9.17) is 4.74 Å². The number of hydrogen-bond donors (Lipinski definition) is 2. The smallest absolute Gasteiger partial charge is 0.144 e. The van der Waals surface area contributed by atoms with Crippen molar-refractivity contribution in [1.82, 2.24) is 15.0 Å². The number of H-pyrrole nitrogens is 2. The molecule has 2 aromatic heterocycles. The number of nitrogens with one attached hydrogen (secondary N) is 2. The minimum atomic E-state index is -1.19. The second-order valence-electron chi connectivity index (χ2n) is 7.34. The van der Waals surface area contributed by atoms with E-state index in [1.54, 1.807) is 6.26 Å². The minimum absolute atomic E-state index is 0.592. The third-order valence-corrected chi connectivity index (χ3v) is 6.13. The van der Waals surface area contributed by atoms with Crippen molar-refractivity contribution in [1.29, 1.82) is 0 Å². The fraction of sp³-hybridized carbons (Fsp3) is 0.0800. The zero-order valence-corrected chi connectivity index (χ0v) is 17.8. The van der Waals surface area contributed by atoms with Gasteiger partial charge in [-0.2, -0.15) is 0 Å². The lowest BCUT2D eigenvalue weighted by molar-refractivity contribution is 0.472. The van der Waals surface area contributed by atoms with E-state index in [1.807, 2.05) is 73.1 Å². The van der Waals surface area contributed by atoms with Crippen LogP contribution in [-0.2, 0) is 17.2 Å². The molecule has 0 spiro atoms. The first-order valence-corrected chi connectivity index (χ1v) is 11.5. The van der Waals surface area contributed by atoms with Gasteiger partial charge in [-0.3, -0.25) is 4.21 Å². The summed E-state index contributed by atoms with van der Waals surface area (Å²) in [5.41, 5.74) is 4.15. The number of nitrogens with zero attached hydrogens (tertiary/aromatic N) is 1. The number of benzene rings is 3. The summed E-state index contributed by atoms with van der Waals surface area (Å²) in [6.07, 6.45) is 6.18. The molecule has 31 heavy (non-hydrogen) atoms. The average Bonchev–Trinajstić information content (AvgIpc) is 3.44. The molecule has 5 rings (SSSR count). The summed E-state index contributed by atoms with van der Waals surface area (Å²) in [5, 5.41) is 0.908. The van der Waals surface area contributed by atoms with Crippen LogP contribution in [0.2, 0.25) is 0 Å². The van der Waals surface area contributed by atoms with Crippen LogP contribution in [0.15, 0.2) is 90.1 Å². The molecule has 5 nitrogen and oxygen atoms in total. The Balaban J connectivity index is 1.42. The van der Waals surface area contributed by atoms with Gasteiger partial charge in [0.25, 0.3) is 0 Å². The third-order valence-electron chi connectivity index (χ3n) is 5.14. The van der Waals surface area contributed by atoms with Gasteiger partial charge < -0.3 is 14.7 Å². The van der Waals surface area contributed by atoms with Crippen LogP contribution < -0.4 is 4.74 Å². The van der Waals surface area contributed by atoms with Crippen LogP contribution in [0.5, 0.6) is 11.5 Å². The van der Waals surface area contributed by atoms with Crippen LogP contribution in [0.4, 0.5) is 0 Å². The molecule has 0 fully saturated rings. The summed E-state index contributed by atoms with van der Waals surface area (Å²) in [4.78, 5) is 11.8. The Kier molecular flexibility index (Phi) is 5.14. The average molecular weight is 428 g/mol. The zero-order valence-electron chi connectivity index (χ0n) is 17.0. The minimum Gasteiger partial charge on any atom is -0.456 e. The molecule has 1 atom stereocenters. The van der Waals surface area contributed by atoms with Crippen molar-refractivity contribution in [2.45, 2.75) is 11.3 Å². The van der Waals surface area contributed by atoms with Crippen molar-refractivity contribution in [3.63, 3.8) is 0 Å². The van der Waals surface area contributed by atoms with Crippen molar-refractivity contribution >= 4 is 21.7 Å². The summed E-state index contributed by atoms with van der Waals surface area (Å²) in [6, 6.07) is 23.8. The van der Waals surface area contributed by atoms with Crippen molar-refractivity contribution in [2.75, 3.05) is 6.26 Å². The number of hydrogen-bond acceptors (Lipinski definition) is 3. The topological polar surface area (TPSA) is 70.8 Å². The molecule has 0 bridgehead atoms. The zero-order chi connectivity index (χ0) is 21.2. The standard InChI is InChI=1S/C25H21N3O2S/c1-31(29)24-21-12-13-26-22(21)10-11-23(24)30-20-9-5-8-18(15-20)25-27-16-19(28-25)14-17-6-3-2-4-7-17/h2-13,15-16,26H,14H2,1H3,(H,27,28). The van der Waals surface area contributed by atoms with E-state index in [9.17, 15) is 4.21 Å². The first-order valence-electron chi connectivity index (χ1n) is 9.97. The summed E-state index contributed by atoms with van der Waals surface area (Å²) < 4.78 is 18.6. The van der Waals surface area contributed by atoms with Gasteiger partial charge in [0.2, 0.25) is 0 Å². The number of ether oxygens (including phenoxy) is 1. The fourth-order valence-electron chi connectivity index (χ4n) is 3.71. The normalized spacial score (nSPS) is 12.2. The quantitative estimate of drug-likeness (QED) is 0.366. The Morgan fingerprint density at radius 3 is 2.71 bits per heavy atom. The molecule has 1 unspecified atom stereocenters. The van der Waals surface area contributed by atoms with Gasteiger partial charge in [-0.05, 0) is 35.9 Å². The van der Waals surface area contributed by atoms with E-state index in [1.165, 1.54) is 5.56 Å². The molecule has 0 amide bonds. The van der Waals surface area contributed by atoms with Crippen molar-refractivity contribution in [3.05, 3.63) is 96.4 Å². The molecule has 6 heteroatoms. The van der Waals surface area contributed by atoms with Gasteiger partial charge in [0, 0.05) is 47.2 Å². The molecule has 0 aliphatic carbocycles. The molecule has 5 aromatic rings. The number of aromatic amines is 2. The lowest BCUT2D eigenvalue weighted by Gasteiger charge is -2.11. The molecule has 0 aliphatic heterocycles. The van der Waals surface area contributed by atoms with Crippen LogP contribution in [0.25, 0.3) is 22.3 Å². The predicted molar refractivity (Wildman–Crippen MR) is 124 cm³/mol. The van der Waals surface area contributed by atoms with Crippen LogP contribution in [0, 0.1) is 0 Å². The molecule has 3 aromatic carbocycles. The number of aromatic nitrogens is 3. The summed E-state index contributed by atoms with van der Waals surface area (Å²) in [6.45, 7) is 0.